The number of allylic oxidation sites excluding steroid dienone is 1. The molecule has 4 nitrogen and oxygen atoms in total. The van der Waals surface area contributed by atoms with Crippen LogP contribution in [0.3, 0.4) is 0 Å². The van der Waals surface area contributed by atoms with Gasteiger partial charge in [-0.1, -0.05) is 36.4 Å². The van der Waals surface area contributed by atoms with Crippen molar-refractivity contribution in [1.29, 1.82) is 0 Å². The Bertz CT molecular complexity index is 481. The highest BCUT2D eigenvalue weighted by molar-refractivity contribution is 5.99. The van der Waals surface area contributed by atoms with Crippen molar-refractivity contribution in [2.24, 2.45) is 0 Å². The summed E-state index contributed by atoms with van der Waals surface area (Å²) in [7, 11) is 0. The molecule has 4 heteroatoms. The van der Waals surface area contributed by atoms with Gasteiger partial charge in [0.25, 0.3) is 5.91 Å². The predicted octanol–water partition coefficient (Wildman–Crippen LogP) is 2.67. The lowest BCUT2D eigenvalue weighted by Gasteiger charge is -2.17. The summed E-state index contributed by atoms with van der Waals surface area (Å²) in [4.78, 5) is 24.7. The lowest BCUT2D eigenvalue weighted by Crippen LogP contribution is -2.36. The van der Waals surface area contributed by atoms with Crippen LogP contribution in [0.25, 0.3) is 0 Å². The molecular formula is C14H15NO3. The Morgan fingerprint density at radius 2 is 2.00 bits per heavy atom. The third-order valence-corrected chi connectivity index (χ3v) is 2.94. The van der Waals surface area contributed by atoms with Crippen molar-refractivity contribution in [2.45, 2.75) is 26.0 Å². The molecule has 0 bridgehead atoms. The van der Waals surface area contributed by atoms with E-state index in [1.807, 2.05) is 37.3 Å². The first-order valence-electron chi connectivity index (χ1n) is 5.86. The van der Waals surface area contributed by atoms with Gasteiger partial charge >= 0.3 is 6.09 Å². The normalized spacial score (nSPS) is 23.4. The third-order valence-electron chi connectivity index (χ3n) is 2.94. The number of hydrogen-bond acceptors (Lipinski definition) is 3. The zero-order valence-corrected chi connectivity index (χ0v) is 10.4. The number of rotatable bonds is 2. The largest absolute Gasteiger partial charge is 0.439 e. The summed E-state index contributed by atoms with van der Waals surface area (Å²) in [5.41, 5.74) is 0.897. The fourth-order valence-corrected chi connectivity index (χ4v) is 2.07. The number of carbonyl (C=O) groups is 2. The number of benzene rings is 1. The molecule has 0 saturated carbocycles. The summed E-state index contributed by atoms with van der Waals surface area (Å²) in [6, 6.07) is 9.13. The monoisotopic (exact) mass is 245 g/mol. The fraction of sp³-hybridized carbons (Fsp3) is 0.286. The van der Waals surface area contributed by atoms with Crippen molar-refractivity contribution in [2.75, 3.05) is 0 Å². The topological polar surface area (TPSA) is 46.6 Å². The molecule has 1 saturated heterocycles. The van der Waals surface area contributed by atoms with E-state index in [2.05, 4.69) is 0 Å². The molecule has 1 aliphatic rings. The predicted molar refractivity (Wildman–Crippen MR) is 66.8 cm³/mol. The van der Waals surface area contributed by atoms with Gasteiger partial charge in [-0.2, -0.15) is 0 Å². The van der Waals surface area contributed by atoms with Gasteiger partial charge in [0.1, 0.15) is 6.10 Å². The Morgan fingerprint density at radius 1 is 1.33 bits per heavy atom. The van der Waals surface area contributed by atoms with Crippen LogP contribution in [0, 0.1) is 0 Å². The van der Waals surface area contributed by atoms with Crippen LogP contribution in [0.1, 0.15) is 25.5 Å². The first-order chi connectivity index (χ1) is 8.65. The molecule has 0 aliphatic carbocycles. The van der Waals surface area contributed by atoms with Crippen LogP contribution in [-0.2, 0) is 9.53 Å². The van der Waals surface area contributed by atoms with E-state index in [1.54, 1.807) is 13.0 Å². The molecule has 1 aromatic rings. The molecule has 0 N–H and O–H groups in total. The van der Waals surface area contributed by atoms with Gasteiger partial charge in [-0.25, -0.2) is 9.69 Å². The summed E-state index contributed by atoms with van der Waals surface area (Å²) in [6.07, 6.45) is 2.00. The fourth-order valence-electron chi connectivity index (χ4n) is 2.07. The summed E-state index contributed by atoms with van der Waals surface area (Å²) in [5.74, 6) is -0.339. The second-order valence-corrected chi connectivity index (χ2v) is 4.16. The van der Waals surface area contributed by atoms with Crippen molar-refractivity contribution < 1.29 is 14.3 Å². The lowest BCUT2D eigenvalue weighted by atomic mass is 10.0. The number of carbonyl (C=O) groups excluding carboxylic acids is 2. The molecule has 1 heterocycles. The number of nitrogens with zero attached hydrogens (tertiary/aromatic N) is 1. The molecule has 2 rings (SSSR count). The van der Waals surface area contributed by atoms with Crippen LogP contribution in [0.2, 0.25) is 0 Å². The second kappa shape index (κ2) is 5.04. The Balaban J connectivity index is 2.24. The van der Waals surface area contributed by atoms with Crippen molar-refractivity contribution in [3.8, 4) is 0 Å². The number of ether oxygens (including phenoxy) is 1. The number of imide groups is 1. The van der Waals surface area contributed by atoms with Crippen LogP contribution in [0.15, 0.2) is 42.5 Å². The quantitative estimate of drug-likeness (QED) is 0.752. The average molecular weight is 245 g/mol. The maximum Gasteiger partial charge on any atom is 0.417 e. The average Bonchev–Trinajstić information content (AvgIpc) is 2.66. The second-order valence-electron chi connectivity index (χ2n) is 4.16. The standard InChI is InChI=1S/C14H15NO3/c1-3-7-12(16)15-10(2)13(18-14(15)17)11-8-5-4-6-9-11/h3-10,13H,1-2H3/b7-3+/t10-,13+/m1/s1. The molecule has 2 amide bonds. The highest BCUT2D eigenvalue weighted by atomic mass is 16.6. The van der Waals surface area contributed by atoms with Crippen LogP contribution in [-0.4, -0.2) is 22.9 Å². The zero-order valence-electron chi connectivity index (χ0n) is 10.4. The minimum atomic E-state index is -0.584. The molecule has 0 spiro atoms. The van der Waals surface area contributed by atoms with Crippen LogP contribution < -0.4 is 0 Å². The highest BCUT2D eigenvalue weighted by Crippen LogP contribution is 2.32. The summed E-state index contributed by atoms with van der Waals surface area (Å²) < 4.78 is 5.27. The van der Waals surface area contributed by atoms with Gasteiger partial charge in [-0.3, -0.25) is 4.79 Å². The summed E-state index contributed by atoms with van der Waals surface area (Å²) in [6.45, 7) is 3.54. The van der Waals surface area contributed by atoms with E-state index in [4.69, 9.17) is 4.74 Å². The van der Waals surface area contributed by atoms with E-state index in [9.17, 15) is 9.59 Å². The van der Waals surface area contributed by atoms with Gasteiger partial charge < -0.3 is 4.74 Å². The molecule has 1 fully saturated rings. The maximum atomic E-state index is 11.8. The van der Waals surface area contributed by atoms with Crippen molar-refractivity contribution in [3.63, 3.8) is 0 Å². The van der Waals surface area contributed by atoms with E-state index in [0.29, 0.717) is 0 Å². The van der Waals surface area contributed by atoms with E-state index in [0.717, 1.165) is 10.5 Å². The molecule has 18 heavy (non-hydrogen) atoms. The highest BCUT2D eigenvalue weighted by Gasteiger charge is 2.42. The molecule has 0 aromatic heterocycles. The smallest absolute Gasteiger partial charge is 0.417 e. The Labute approximate surface area is 106 Å². The van der Waals surface area contributed by atoms with Crippen LogP contribution >= 0.6 is 0 Å². The van der Waals surface area contributed by atoms with Gasteiger partial charge in [-0.05, 0) is 25.5 Å². The number of amides is 2. The summed E-state index contributed by atoms with van der Waals surface area (Å²) >= 11 is 0. The molecular weight excluding hydrogens is 230 g/mol. The van der Waals surface area contributed by atoms with Gasteiger partial charge in [0.2, 0.25) is 0 Å². The minimum absolute atomic E-state index is 0.302. The van der Waals surface area contributed by atoms with Gasteiger partial charge in [0.05, 0.1) is 6.04 Å². The Kier molecular flexibility index (Phi) is 3.46. The third kappa shape index (κ3) is 2.14. The molecule has 0 unspecified atom stereocenters. The molecule has 1 aromatic carbocycles. The van der Waals surface area contributed by atoms with Crippen molar-refractivity contribution in [1.82, 2.24) is 4.90 Å². The van der Waals surface area contributed by atoms with E-state index >= 15 is 0 Å². The van der Waals surface area contributed by atoms with Crippen molar-refractivity contribution in [3.05, 3.63) is 48.0 Å². The molecule has 94 valence electrons. The zero-order chi connectivity index (χ0) is 13.1. The number of cyclic esters (lactones) is 1. The minimum Gasteiger partial charge on any atom is -0.439 e. The van der Waals surface area contributed by atoms with E-state index < -0.39 is 12.2 Å². The first kappa shape index (κ1) is 12.4. The lowest BCUT2D eigenvalue weighted by molar-refractivity contribution is -0.124. The molecule has 1 aliphatic heterocycles. The molecule has 0 radical (unpaired) electrons. The Morgan fingerprint density at radius 3 is 2.61 bits per heavy atom. The van der Waals surface area contributed by atoms with Gasteiger partial charge in [0, 0.05) is 0 Å². The van der Waals surface area contributed by atoms with Gasteiger partial charge in [-0.15, -0.1) is 0 Å². The SMILES string of the molecule is C/C=C/C(=O)N1C(=O)O[C@H](c2ccccc2)[C@H]1C. The first-order valence-corrected chi connectivity index (χ1v) is 5.86. The summed E-state index contributed by atoms with van der Waals surface area (Å²) in [5, 5.41) is 0. The Hall–Kier alpha value is -2.10. The van der Waals surface area contributed by atoms with E-state index in [-0.39, 0.29) is 11.9 Å². The number of hydrogen-bond donors (Lipinski definition) is 0. The van der Waals surface area contributed by atoms with E-state index in [1.165, 1.54) is 6.08 Å². The maximum absolute atomic E-state index is 11.8. The van der Waals surface area contributed by atoms with Crippen LogP contribution in [0.4, 0.5) is 4.79 Å². The molecule has 2 atom stereocenters. The van der Waals surface area contributed by atoms with Crippen molar-refractivity contribution >= 4 is 12.0 Å². The van der Waals surface area contributed by atoms with Crippen LogP contribution in [0.5, 0.6) is 0 Å². The van der Waals surface area contributed by atoms with Gasteiger partial charge in [0.15, 0.2) is 0 Å².